The molecule has 0 saturated heterocycles. The van der Waals surface area contributed by atoms with Crippen molar-refractivity contribution >= 4 is 33.3 Å². The van der Waals surface area contributed by atoms with Crippen LogP contribution < -0.4 is 10.6 Å². The molecular weight excluding hydrogens is 362 g/mol. The predicted molar refractivity (Wildman–Crippen MR) is 107 cm³/mol. The van der Waals surface area contributed by atoms with Crippen LogP contribution in [0.25, 0.3) is 10.2 Å². The van der Waals surface area contributed by atoms with E-state index in [4.69, 9.17) is 4.74 Å². The first-order valence-corrected chi connectivity index (χ1v) is 9.76. The van der Waals surface area contributed by atoms with Crippen molar-refractivity contribution in [3.63, 3.8) is 0 Å². The number of aryl methyl sites for hydroxylation is 1. The van der Waals surface area contributed by atoms with Crippen molar-refractivity contribution in [2.75, 3.05) is 25.1 Å². The SMILES string of the molecule is CCOCCCNC(=O)c1sc2ncnc(NCc3ccccn3)c2c1C. The van der Waals surface area contributed by atoms with Gasteiger partial charge in [-0.25, -0.2) is 9.97 Å². The lowest BCUT2D eigenvalue weighted by Gasteiger charge is -2.07. The van der Waals surface area contributed by atoms with Crippen LogP contribution in [-0.2, 0) is 11.3 Å². The summed E-state index contributed by atoms with van der Waals surface area (Å²) in [4.78, 5) is 27.0. The van der Waals surface area contributed by atoms with Crippen molar-refractivity contribution < 1.29 is 9.53 Å². The average molecular weight is 385 g/mol. The fraction of sp³-hybridized carbons (Fsp3) is 0.368. The smallest absolute Gasteiger partial charge is 0.261 e. The lowest BCUT2D eigenvalue weighted by molar-refractivity contribution is 0.0948. The molecule has 0 unspecified atom stereocenters. The Hall–Kier alpha value is -2.58. The zero-order valence-corrected chi connectivity index (χ0v) is 16.3. The molecule has 0 spiro atoms. The standard InChI is InChI=1S/C19H23N5O2S/c1-3-26-10-6-9-21-18(25)16-13(2)15-17(23-12-24-19(15)27-16)22-11-14-7-4-5-8-20-14/h4-5,7-8,12H,3,6,9-11H2,1-2H3,(H,21,25)(H,22,23,24). The highest BCUT2D eigenvalue weighted by Gasteiger charge is 2.19. The molecule has 0 aliphatic carbocycles. The molecule has 7 nitrogen and oxygen atoms in total. The van der Waals surface area contributed by atoms with Gasteiger partial charge in [-0.1, -0.05) is 6.07 Å². The van der Waals surface area contributed by atoms with Crippen LogP contribution in [0.5, 0.6) is 0 Å². The normalized spacial score (nSPS) is 10.9. The number of anilines is 1. The molecule has 0 aromatic carbocycles. The maximum Gasteiger partial charge on any atom is 0.261 e. The fourth-order valence-electron chi connectivity index (χ4n) is 2.70. The lowest BCUT2D eigenvalue weighted by Crippen LogP contribution is -2.25. The molecule has 0 saturated carbocycles. The van der Waals surface area contributed by atoms with E-state index < -0.39 is 0 Å². The Morgan fingerprint density at radius 3 is 2.93 bits per heavy atom. The molecule has 3 rings (SSSR count). The van der Waals surface area contributed by atoms with E-state index in [1.165, 1.54) is 17.7 Å². The van der Waals surface area contributed by atoms with Crippen molar-refractivity contribution in [1.29, 1.82) is 0 Å². The van der Waals surface area contributed by atoms with E-state index in [1.807, 2.05) is 32.0 Å². The first-order chi connectivity index (χ1) is 13.2. The molecule has 0 radical (unpaired) electrons. The van der Waals surface area contributed by atoms with Gasteiger partial charge in [-0.05, 0) is 38.0 Å². The third-order valence-corrected chi connectivity index (χ3v) is 5.25. The highest BCUT2D eigenvalue weighted by Crippen LogP contribution is 2.33. The third-order valence-electron chi connectivity index (χ3n) is 4.05. The second-order valence-corrected chi connectivity index (χ2v) is 6.94. The average Bonchev–Trinajstić information content (AvgIpc) is 3.04. The van der Waals surface area contributed by atoms with Gasteiger partial charge in [0.15, 0.2) is 0 Å². The number of ether oxygens (including phenoxy) is 1. The Labute approximate surface area is 162 Å². The molecule has 0 atom stereocenters. The third kappa shape index (κ3) is 4.78. The molecule has 3 aromatic heterocycles. The molecule has 1 amide bonds. The zero-order chi connectivity index (χ0) is 19.1. The minimum absolute atomic E-state index is 0.0809. The van der Waals surface area contributed by atoms with Crippen molar-refractivity contribution in [2.24, 2.45) is 0 Å². The number of fused-ring (bicyclic) bond motifs is 1. The van der Waals surface area contributed by atoms with Crippen LogP contribution in [0.4, 0.5) is 5.82 Å². The maximum absolute atomic E-state index is 12.5. The second-order valence-electron chi connectivity index (χ2n) is 5.94. The van der Waals surface area contributed by atoms with Crippen LogP contribution in [0.15, 0.2) is 30.7 Å². The number of carbonyl (C=O) groups excluding carboxylic acids is 1. The van der Waals surface area contributed by atoms with E-state index in [0.29, 0.717) is 31.2 Å². The number of hydrogen-bond donors (Lipinski definition) is 2. The molecule has 3 aromatic rings. The number of amides is 1. The van der Waals surface area contributed by atoms with Gasteiger partial charge < -0.3 is 15.4 Å². The molecule has 3 heterocycles. The summed E-state index contributed by atoms with van der Waals surface area (Å²) < 4.78 is 5.29. The van der Waals surface area contributed by atoms with Gasteiger partial charge in [0.2, 0.25) is 0 Å². The monoisotopic (exact) mass is 385 g/mol. The summed E-state index contributed by atoms with van der Waals surface area (Å²) in [6.07, 6.45) is 4.07. The molecular formula is C19H23N5O2S. The summed E-state index contributed by atoms with van der Waals surface area (Å²) in [5.41, 5.74) is 1.81. The Kier molecular flexibility index (Phi) is 6.67. The quantitative estimate of drug-likeness (QED) is 0.550. The van der Waals surface area contributed by atoms with Crippen LogP contribution in [-0.4, -0.2) is 40.6 Å². The molecule has 0 aliphatic rings. The predicted octanol–water partition coefficient (Wildman–Crippen LogP) is 3.16. The van der Waals surface area contributed by atoms with Crippen LogP contribution in [0.2, 0.25) is 0 Å². The van der Waals surface area contributed by atoms with Gasteiger partial charge in [0.05, 0.1) is 22.5 Å². The van der Waals surface area contributed by atoms with E-state index in [0.717, 1.165) is 33.7 Å². The Balaban J connectivity index is 1.73. The molecule has 0 bridgehead atoms. The number of hydrogen-bond acceptors (Lipinski definition) is 7. The first kappa shape index (κ1) is 19.2. The van der Waals surface area contributed by atoms with Crippen LogP contribution in [0.3, 0.4) is 0 Å². The Bertz CT molecular complexity index is 898. The molecule has 8 heteroatoms. The van der Waals surface area contributed by atoms with Gasteiger partial charge in [0, 0.05) is 26.0 Å². The zero-order valence-electron chi connectivity index (χ0n) is 15.5. The van der Waals surface area contributed by atoms with Gasteiger partial charge in [-0.15, -0.1) is 11.3 Å². The number of nitrogens with zero attached hydrogens (tertiary/aromatic N) is 3. The van der Waals surface area contributed by atoms with E-state index >= 15 is 0 Å². The van der Waals surface area contributed by atoms with Crippen molar-refractivity contribution in [3.8, 4) is 0 Å². The van der Waals surface area contributed by atoms with E-state index in [1.54, 1.807) is 6.20 Å². The Morgan fingerprint density at radius 1 is 1.26 bits per heavy atom. The minimum atomic E-state index is -0.0809. The van der Waals surface area contributed by atoms with Gasteiger partial charge in [0.1, 0.15) is 17.0 Å². The van der Waals surface area contributed by atoms with Gasteiger partial charge in [-0.2, -0.15) is 0 Å². The highest BCUT2D eigenvalue weighted by atomic mass is 32.1. The van der Waals surface area contributed by atoms with Crippen LogP contribution >= 0.6 is 11.3 Å². The first-order valence-electron chi connectivity index (χ1n) is 8.94. The summed E-state index contributed by atoms with van der Waals surface area (Å²) in [7, 11) is 0. The van der Waals surface area contributed by atoms with Crippen molar-refractivity contribution in [2.45, 2.75) is 26.8 Å². The van der Waals surface area contributed by atoms with Crippen LogP contribution in [0.1, 0.15) is 34.3 Å². The lowest BCUT2D eigenvalue weighted by atomic mass is 10.2. The minimum Gasteiger partial charge on any atom is -0.382 e. The molecule has 27 heavy (non-hydrogen) atoms. The van der Waals surface area contributed by atoms with Gasteiger partial charge in [0.25, 0.3) is 5.91 Å². The molecule has 0 fully saturated rings. The number of pyridine rings is 1. The van der Waals surface area contributed by atoms with Gasteiger partial charge >= 0.3 is 0 Å². The maximum atomic E-state index is 12.5. The summed E-state index contributed by atoms with van der Waals surface area (Å²) in [6.45, 7) is 6.37. The van der Waals surface area contributed by atoms with Crippen molar-refractivity contribution in [3.05, 3.63) is 46.9 Å². The second kappa shape index (κ2) is 9.38. The van der Waals surface area contributed by atoms with Gasteiger partial charge in [-0.3, -0.25) is 9.78 Å². The topological polar surface area (TPSA) is 89.0 Å². The number of thiophene rings is 1. The summed E-state index contributed by atoms with van der Waals surface area (Å²) in [5.74, 6) is 0.637. The largest absolute Gasteiger partial charge is 0.382 e. The fourth-order valence-corrected chi connectivity index (χ4v) is 3.77. The molecule has 142 valence electrons. The van der Waals surface area contributed by atoms with E-state index in [9.17, 15) is 4.79 Å². The number of rotatable bonds is 9. The summed E-state index contributed by atoms with van der Waals surface area (Å²) >= 11 is 1.39. The number of carbonyl (C=O) groups is 1. The number of nitrogens with one attached hydrogen (secondary N) is 2. The molecule has 2 N–H and O–H groups in total. The van der Waals surface area contributed by atoms with Crippen molar-refractivity contribution in [1.82, 2.24) is 20.3 Å². The molecule has 0 aliphatic heterocycles. The Morgan fingerprint density at radius 2 is 2.15 bits per heavy atom. The summed E-state index contributed by atoms with van der Waals surface area (Å²) in [6, 6.07) is 5.78. The number of aromatic nitrogens is 3. The highest BCUT2D eigenvalue weighted by molar-refractivity contribution is 7.20. The van der Waals surface area contributed by atoms with E-state index in [2.05, 4.69) is 25.6 Å². The van der Waals surface area contributed by atoms with E-state index in [-0.39, 0.29) is 5.91 Å². The summed E-state index contributed by atoms with van der Waals surface area (Å²) in [5, 5.41) is 7.14. The van der Waals surface area contributed by atoms with Crippen LogP contribution in [0, 0.1) is 6.92 Å².